The molecule has 0 aliphatic rings. The van der Waals surface area contributed by atoms with Gasteiger partial charge >= 0.3 is 11.9 Å². The van der Waals surface area contributed by atoms with Gasteiger partial charge in [0.05, 0.1) is 13.0 Å². The molecule has 1 aromatic rings. The van der Waals surface area contributed by atoms with Crippen LogP contribution in [0.2, 0.25) is 0 Å². The molecule has 0 heterocycles. The van der Waals surface area contributed by atoms with Crippen molar-refractivity contribution in [2.24, 2.45) is 16.7 Å². The van der Waals surface area contributed by atoms with E-state index in [0.29, 0.717) is 0 Å². The number of carbonyl (C=O) groups is 3. The van der Waals surface area contributed by atoms with Gasteiger partial charge in [-0.2, -0.15) is 0 Å². The van der Waals surface area contributed by atoms with Gasteiger partial charge in [-0.1, -0.05) is 71.9 Å². The summed E-state index contributed by atoms with van der Waals surface area (Å²) in [7, 11) is 0. The van der Waals surface area contributed by atoms with Gasteiger partial charge in [0.25, 0.3) is 0 Å². The van der Waals surface area contributed by atoms with Crippen LogP contribution in [0.5, 0.6) is 0 Å². The smallest absolute Gasteiger partial charge is 0.374 e. The summed E-state index contributed by atoms with van der Waals surface area (Å²) < 4.78 is 10.6. The number of hydrogen-bond acceptors (Lipinski definition) is 5. The van der Waals surface area contributed by atoms with Gasteiger partial charge in [0.15, 0.2) is 0 Å². The molecule has 0 fully saturated rings. The summed E-state index contributed by atoms with van der Waals surface area (Å²) in [5.74, 6) is -2.02. The molecule has 0 aromatic heterocycles. The van der Waals surface area contributed by atoms with Gasteiger partial charge in [-0.25, -0.2) is 4.79 Å². The number of rotatable bonds is 9. The lowest BCUT2D eigenvalue weighted by Crippen LogP contribution is -2.41. The van der Waals surface area contributed by atoms with Crippen LogP contribution in [-0.4, -0.2) is 24.3 Å². The summed E-state index contributed by atoms with van der Waals surface area (Å²) in [5, 5.41) is 0. The van der Waals surface area contributed by atoms with Gasteiger partial charge in [0, 0.05) is 12.3 Å². The van der Waals surface area contributed by atoms with Crippen LogP contribution in [0.1, 0.15) is 59.9 Å². The van der Waals surface area contributed by atoms with Crippen molar-refractivity contribution in [1.82, 2.24) is 0 Å². The number of carbonyl (C=O) groups excluding carboxylic acids is 3. The summed E-state index contributed by atoms with van der Waals surface area (Å²) in [5.41, 5.74) is 0.449. The monoisotopic (exact) mass is 376 g/mol. The summed E-state index contributed by atoms with van der Waals surface area (Å²) in [6, 6.07) is 9.46. The van der Waals surface area contributed by atoms with Gasteiger partial charge < -0.3 is 9.47 Å². The SMILES string of the molecule is CCC(=O)C(=O)OCC(CC(=O)OCc1ccccc1)C(C)(C)C(C)(C)C. The quantitative estimate of drug-likeness (QED) is 0.474. The molecule has 0 aliphatic carbocycles. The van der Waals surface area contributed by atoms with Crippen LogP contribution >= 0.6 is 0 Å². The van der Waals surface area contributed by atoms with E-state index in [9.17, 15) is 14.4 Å². The number of benzene rings is 1. The van der Waals surface area contributed by atoms with E-state index in [0.717, 1.165) is 5.56 Å². The van der Waals surface area contributed by atoms with Crippen molar-refractivity contribution in [2.45, 2.75) is 61.0 Å². The minimum Gasteiger partial charge on any atom is -0.461 e. The highest BCUT2D eigenvalue weighted by molar-refractivity contribution is 6.33. The van der Waals surface area contributed by atoms with Crippen molar-refractivity contribution in [3.8, 4) is 0 Å². The summed E-state index contributed by atoms with van der Waals surface area (Å²) >= 11 is 0. The van der Waals surface area contributed by atoms with Crippen LogP contribution in [-0.2, 0) is 30.5 Å². The number of ether oxygens (including phenoxy) is 2. The highest BCUT2D eigenvalue weighted by Crippen LogP contribution is 2.45. The van der Waals surface area contributed by atoms with Gasteiger partial charge in [-0.15, -0.1) is 0 Å². The molecule has 1 aromatic carbocycles. The van der Waals surface area contributed by atoms with Gasteiger partial charge in [0.2, 0.25) is 5.78 Å². The molecule has 1 unspecified atom stereocenters. The number of ketones is 1. The Bertz CT molecular complexity index is 640. The van der Waals surface area contributed by atoms with E-state index in [1.807, 2.05) is 44.2 Å². The first-order valence-corrected chi connectivity index (χ1v) is 9.38. The third-order valence-corrected chi connectivity index (χ3v) is 5.57. The zero-order chi connectivity index (χ0) is 20.7. The Labute approximate surface area is 162 Å². The standard InChI is InChI=1S/C22H32O5/c1-7-18(23)20(25)27-15-17(22(5,6)21(2,3)4)13-19(24)26-14-16-11-9-8-10-12-16/h8-12,17H,7,13-15H2,1-6H3. The molecule has 0 radical (unpaired) electrons. The van der Waals surface area contributed by atoms with E-state index in [4.69, 9.17) is 9.47 Å². The predicted octanol–water partition coefficient (Wildman–Crippen LogP) is 4.33. The molecule has 27 heavy (non-hydrogen) atoms. The average molecular weight is 376 g/mol. The lowest BCUT2D eigenvalue weighted by Gasteiger charge is -2.44. The van der Waals surface area contributed by atoms with E-state index in [1.54, 1.807) is 6.92 Å². The van der Waals surface area contributed by atoms with Crippen LogP contribution in [0, 0.1) is 16.7 Å². The normalized spacial score (nSPS) is 13.0. The Morgan fingerprint density at radius 2 is 1.56 bits per heavy atom. The zero-order valence-corrected chi connectivity index (χ0v) is 17.3. The molecule has 0 saturated heterocycles. The molecule has 5 nitrogen and oxygen atoms in total. The van der Waals surface area contributed by atoms with Crippen molar-refractivity contribution in [1.29, 1.82) is 0 Å². The second-order valence-electron chi connectivity index (χ2n) is 8.39. The molecule has 0 saturated carbocycles. The molecule has 0 spiro atoms. The van der Waals surface area contributed by atoms with Crippen LogP contribution in [0.15, 0.2) is 30.3 Å². The topological polar surface area (TPSA) is 69.7 Å². The summed E-state index contributed by atoms with van der Waals surface area (Å²) in [6.07, 6.45) is 0.218. The fourth-order valence-electron chi connectivity index (χ4n) is 2.53. The molecule has 1 atom stereocenters. The Morgan fingerprint density at radius 3 is 2.07 bits per heavy atom. The maximum atomic E-state index is 12.4. The van der Waals surface area contributed by atoms with Crippen molar-refractivity contribution in [3.05, 3.63) is 35.9 Å². The molecular formula is C22H32O5. The van der Waals surface area contributed by atoms with Crippen molar-refractivity contribution in [3.63, 3.8) is 0 Å². The van der Waals surface area contributed by atoms with E-state index in [2.05, 4.69) is 20.8 Å². The van der Waals surface area contributed by atoms with E-state index < -0.39 is 11.8 Å². The summed E-state index contributed by atoms with van der Waals surface area (Å²) in [4.78, 5) is 35.7. The molecule has 0 bridgehead atoms. The molecule has 1 rings (SSSR count). The fraction of sp³-hybridized carbons (Fsp3) is 0.591. The van der Waals surface area contributed by atoms with Gasteiger partial charge in [-0.3, -0.25) is 9.59 Å². The second-order valence-corrected chi connectivity index (χ2v) is 8.39. The van der Waals surface area contributed by atoms with Crippen molar-refractivity contribution < 1.29 is 23.9 Å². The van der Waals surface area contributed by atoms with Crippen molar-refractivity contribution >= 4 is 17.7 Å². The predicted molar refractivity (Wildman–Crippen MR) is 104 cm³/mol. The van der Waals surface area contributed by atoms with Crippen LogP contribution < -0.4 is 0 Å². The largest absolute Gasteiger partial charge is 0.461 e. The number of esters is 2. The Kier molecular flexibility index (Phi) is 8.20. The average Bonchev–Trinajstić information content (AvgIpc) is 2.62. The van der Waals surface area contributed by atoms with Crippen LogP contribution in [0.4, 0.5) is 0 Å². The van der Waals surface area contributed by atoms with Gasteiger partial charge in [0.1, 0.15) is 6.61 Å². The Balaban J connectivity index is 2.79. The van der Waals surface area contributed by atoms with E-state index in [1.165, 1.54) is 0 Å². The molecule has 5 heteroatoms. The number of Topliss-reactive ketones (excluding diaryl/α,β-unsaturated/α-hetero) is 1. The maximum Gasteiger partial charge on any atom is 0.374 e. The highest BCUT2D eigenvalue weighted by Gasteiger charge is 2.42. The first-order valence-electron chi connectivity index (χ1n) is 9.38. The first-order chi connectivity index (χ1) is 12.5. The third kappa shape index (κ3) is 6.81. The highest BCUT2D eigenvalue weighted by atomic mass is 16.5. The first kappa shape index (κ1) is 22.9. The molecule has 0 aliphatic heterocycles. The third-order valence-electron chi connectivity index (χ3n) is 5.57. The van der Waals surface area contributed by atoms with Crippen LogP contribution in [0.25, 0.3) is 0 Å². The van der Waals surface area contributed by atoms with Crippen LogP contribution in [0.3, 0.4) is 0 Å². The molecule has 0 N–H and O–H groups in total. The Hall–Kier alpha value is -2.17. The minimum absolute atomic E-state index is 0.00921. The lowest BCUT2D eigenvalue weighted by atomic mass is 9.61. The Morgan fingerprint density at radius 1 is 0.963 bits per heavy atom. The zero-order valence-electron chi connectivity index (χ0n) is 17.3. The van der Waals surface area contributed by atoms with Gasteiger partial charge in [-0.05, 0) is 16.4 Å². The fourth-order valence-corrected chi connectivity index (χ4v) is 2.53. The molecular weight excluding hydrogens is 344 g/mol. The van der Waals surface area contributed by atoms with E-state index >= 15 is 0 Å². The van der Waals surface area contributed by atoms with E-state index in [-0.39, 0.29) is 48.8 Å². The maximum absolute atomic E-state index is 12.4. The second kappa shape index (κ2) is 9.67. The minimum atomic E-state index is -0.843. The number of hydrogen-bond donors (Lipinski definition) is 0. The molecule has 150 valence electrons. The van der Waals surface area contributed by atoms with Crippen molar-refractivity contribution in [2.75, 3.05) is 6.61 Å². The summed E-state index contributed by atoms with van der Waals surface area (Å²) in [6.45, 7) is 12.1. The molecule has 0 amide bonds. The lowest BCUT2D eigenvalue weighted by molar-refractivity contribution is -0.159.